The lowest BCUT2D eigenvalue weighted by Gasteiger charge is -2.43. The van der Waals surface area contributed by atoms with E-state index in [1.54, 1.807) is 12.1 Å². The quantitative estimate of drug-likeness (QED) is 0.872. The zero-order valence-electron chi connectivity index (χ0n) is 13.3. The Morgan fingerprint density at radius 3 is 2.77 bits per heavy atom. The largest absolute Gasteiger partial charge is 0.480 e. The van der Waals surface area contributed by atoms with Crippen molar-refractivity contribution >= 4 is 17.6 Å². The van der Waals surface area contributed by atoms with Crippen molar-refractivity contribution in [3.05, 3.63) is 34.9 Å². The Kier molecular flexibility index (Phi) is 6.24. The fourth-order valence-electron chi connectivity index (χ4n) is 3.31. The van der Waals surface area contributed by atoms with E-state index in [0.29, 0.717) is 11.1 Å². The number of aliphatic carboxylic acids is 1. The first-order valence-corrected chi connectivity index (χ1v) is 8.41. The van der Waals surface area contributed by atoms with Gasteiger partial charge in [0.25, 0.3) is 0 Å². The second-order valence-corrected chi connectivity index (χ2v) is 6.33. The monoisotopic (exact) mass is 324 g/mol. The molecule has 1 aromatic rings. The van der Waals surface area contributed by atoms with Crippen molar-refractivity contribution in [1.29, 1.82) is 0 Å². The molecule has 4 nitrogen and oxygen atoms in total. The Morgan fingerprint density at radius 1 is 1.41 bits per heavy atom. The summed E-state index contributed by atoms with van der Waals surface area (Å²) in [6.45, 7) is 7.94. The Morgan fingerprint density at radius 2 is 2.18 bits per heavy atom. The Hall–Kier alpha value is -1.10. The molecule has 2 rings (SSSR count). The highest BCUT2D eigenvalue weighted by Gasteiger charge is 2.33. The summed E-state index contributed by atoms with van der Waals surface area (Å²) in [5.41, 5.74) is 0.763. The van der Waals surface area contributed by atoms with Gasteiger partial charge in [0, 0.05) is 30.7 Å². The first-order valence-electron chi connectivity index (χ1n) is 8.03. The van der Waals surface area contributed by atoms with Crippen LogP contribution in [-0.4, -0.2) is 53.1 Å². The van der Waals surface area contributed by atoms with Gasteiger partial charge < -0.3 is 5.11 Å². The van der Waals surface area contributed by atoms with Gasteiger partial charge in [0.15, 0.2) is 0 Å². The number of benzene rings is 1. The molecule has 22 heavy (non-hydrogen) atoms. The van der Waals surface area contributed by atoms with Crippen molar-refractivity contribution in [2.75, 3.05) is 26.2 Å². The minimum absolute atomic E-state index is 0.426. The first kappa shape index (κ1) is 17.3. The average molecular weight is 325 g/mol. The standard InChI is InChI=1S/C17H25ClN2O2/c1-3-8-19-9-10-20(12-15(19)4-2)16(17(21)22)13-6-5-7-14(18)11-13/h5-7,11,15-16H,3-4,8-10,12H2,1-2H3,(H,21,22). The second kappa shape index (κ2) is 7.95. The van der Waals surface area contributed by atoms with Gasteiger partial charge in [-0.05, 0) is 37.1 Å². The fraction of sp³-hybridized carbons (Fsp3) is 0.588. The van der Waals surface area contributed by atoms with Crippen LogP contribution in [0.1, 0.15) is 38.3 Å². The predicted octanol–water partition coefficient (Wildman–Crippen LogP) is 3.27. The molecule has 1 aliphatic rings. The van der Waals surface area contributed by atoms with E-state index < -0.39 is 12.0 Å². The minimum atomic E-state index is -0.805. The highest BCUT2D eigenvalue weighted by atomic mass is 35.5. The lowest BCUT2D eigenvalue weighted by Crippen LogP contribution is -2.54. The van der Waals surface area contributed by atoms with Gasteiger partial charge >= 0.3 is 5.97 Å². The molecule has 0 bridgehead atoms. The topological polar surface area (TPSA) is 43.8 Å². The van der Waals surface area contributed by atoms with Crippen LogP contribution in [0.25, 0.3) is 0 Å². The normalized spacial score (nSPS) is 21.7. The fourth-order valence-corrected chi connectivity index (χ4v) is 3.51. The van der Waals surface area contributed by atoms with E-state index in [9.17, 15) is 9.90 Å². The smallest absolute Gasteiger partial charge is 0.325 e. The molecule has 1 fully saturated rings. The van der Waals surface area contributed by atoms with Gasteiger partial charge in [-0.3, -0.25) is 14.6 Å². The van der Waals surface area contributed by atoms with Crippen LogP contribution in [-0.2, 0) is 4.79 Å². The van der Waals surface area contributed by atoms with Crippen molar-refractivity contribution in [2.45, 2.75) is 38.8 Å². The van der Waals surface area contributed by atoms with Crippen LogP contribution in [0, 0.1) is 0 Å². The zero-order chi connectivity index (χ0) is 16.1. The molecule has 122 valence electrons. The molecule has 2 unspecified atom stereocenters. The van der Waals surface area contributed by atoms with Crippen LogP contribution in [0.3, 0.4) is 0 Å². The molecule has 0 radical (unpaired) electrons. The van der Waals surface area contributed by atoms with Crippen LogP contribution in [0.5, 0.6) is 0 Å². The van der Waals surface area contributed by atoms with Crippen molar-refractivity contribution < 1.29 is 9.90 Å². The van der Waals surface area contributed by atoms with Gasteiger partial charge in [-0.2, -0.15) is 0 Å². The third kappa shape index (κ3) is 4.00. The van der Waals surface area contributed by atoms with E-state index in [1.165, 1.54) is 0 Å². The van der Waals surface area contributed by atoms with Gasteiger partial charge in [-0.1, -0.05) is 37.6 Å². The van der Waals surface area contributed by atoms with Crippen LogP contribution >= 0.6 is 11.6 Å². The van der Waals surface area contributed by atoms with Gasteiger partial charge in [0.05, 0.1) is 0 Å². The average Bonchev–Trinajstić information content (AvgIpc) is 2.49. The summed E-state index contributed by atoms with van der Waals surface area (Å²) in [6.07, 6.45) is 2.17. The van der Waals surface area contributed by atoms with Gasteiger partial charge in [-0.25, -0.2) is 0 Å². The van der Waals surface area contributed by atoms with E-state index in [0.717, 1.165) is 44.6 Å². The molecule has 1 aliphatic heterocycles. The lowest BCUT2D eigenvalue weighted by atomic mass is 10.0. The van der Waals surface area contributed by atoms with Crippen molar-refractivity contribution in [3.8, 4) is 0 Å². The maximum atomic E-state index is 11.8. The van der Waals surface area contributed by atoms with Crippen LogP contribution < -0.4 is 0 Å². The molecule has 0 aliphatic carbocycles. The third-order valence-corrected chi connectivity index (χ3v) is 4.62. The molecular formula is C17H25ClN2O2. The van der Waals surface area contributed by atoms with E-state index in [4.69, 9.17) is 11.6 Å². The highest BCUT2D eigenvalue weighted by molar-refractivity contribution is 6.30. The predicted molar refractivity (Wildman–Crippen MR) is 89.3 cm³/mol. The van der Waals surface area contributed by atoms with Crippen molar-refractivity contribution in [1.82, 2.24) is 9.80 Å². The maximum absolute atomic E-state index is 11.8. The van der Waals surface area contributed by atoms with Crippen molar-refractivity contribution in [2.24, 2.45) is 0 Å². The zero-order valence-corrected chi connectivity index (χ0v) is 14.1. The van der Waals surface area contributed by atoms with E-state index >= 15 is 0 Å². The van der Waals surface area contributed by atoms with Crippen LogP contribution in [0.4, 0.5) is 0 Å². The molecule has 0 aromatic heterocycles. The molecule has 1 aromatic carbocycles. The molecule has 0 saturated carbocycles. The van der Waals surface area contributed by atoms with Crippen LogP contribution in [0.15, 0.2) is 24.3 Å². The van der Waals surface area contributed by atoms with Gasteiger partial charge in [0.1, 0.15) is 6.04 Å². The highest BCUT2D eigenvalue weighted by Crippen LogP contribution is 2.27. The maximum Gasteiger partial charge on any atom is 0.325 e. The van der Waals surface area contributed by atoms with E-state index in [1.807, 2.05) is 12.1 Å². The SMILES string of the molecule is CCCN1CCN(C(C(=O)O)c2cccc(Cl)c2)CC1CC. The summed E-state index contributed by atoms with van der Waals surface area (Å²) >= 11 is 6.03. The van der Waals surface area contributed by atoms with Crippen LogP contribution in [0.2, 0.25) is 5.02 Å². The van der Waals surface area contributed by atoms with E-state index in [2.05, 4.69) is 23.6 Å². The summed E-state index contributed by atoms with van der Waals surface area (Å²) < 4.78 is 0. The second-order valence-electron chi connectivity index (χ2n) is 5.89. The number of hydrogen-bond donors (Lipinski definition) is 1. The summed E-state index contributed by atoms with van der Waals surface area (Å²) in [4.78, 5) is 16.4. The third-order valence-electron chi connectivity index (χ3n) is 4.38. The van der Waals surface area contributed by atoms with Crippen molar-refractivity contribution in [3.63, 3.8) is 0 Å². The van der Waals surface area contributed by atoms with Gasteiger partial charge in [0.2, 0.25) is 0 Å². The molecule has 1 heterocycles. The summed E-state index contributed by atoms with van der Waals surface area (Å²) in [5, 5.41) is 10.3. The number of hydrogen-bond acceptors (Lipinski definition) is 3. The number of carboxylic acid groups (broad SMARTS) is 1. The summed E-state index contributed by atoms with van der Waals surface area (Å²) in [5.74, 6) is -0.805. The number of rotatable bonds is 6. The lowest BCUT2D eigenvalue weighted by molar-refractivity contribution is -0.145. The molecule has 0 spiro atoms. The first-order chi connectivity index (χ1) is 10.6. The molecule has 1 saturated heterocycles. The summed E-state index contributed by atoms with van der Waals surface area (Å²) in [6, 6.07) is 7.02. The number of carbonyl (C=O) groups is 1. The molecule has 2 atom stereocenters. The molecule has 5 heteroatoms. The molecule has 1 N–H and O–H groups in total. The number of halogens is 1. The van der Waals surface area contributed by atoms with E-state index in [-0.39, 0.29) is 0 Å². The number of nitrogens with zero attached hydrogens (tertiary/aromatic N) is 2. The Balaban J connectivity index is 2.18. The summed E-state index contributed by atoms with van der Waals surface area (Å²) in [7, 11) is 0. The Labute approximate surface area is 137 Å². The molecular weight excluding hydrogens is 300 g/mol. The molecule has 0 amide bonds. The number of piperazine rings is 1. The number of carboxylic acids is 1. The Bertz CT molecular complexity index is 509. The minimum Gasteiger partial charge on any atom is -0.480 e. The van der Waals surface area contributed by atoms with Gasteiger partial charge in [-0.15, -0.1) is 0 Å².